The number of unbranched alkanes of at least 4 members (excludes halogenated alkanes) is 2. The van der Waals surface area contributed by atoms with Crippen LogP contribution in [-0.2, 0) is 17.1 Å². The molecule has 0 saturated carbocycles. The summed E-state index contributed by atoms with van der Waals surface area (Å²) in [6.45, 7) is 11.4. The Bertz CT molecular complexity index is 20.1. The van der Waals surface area contributed by atoms with Crippen LogP contribution < -0.4 is 37.7 Å². The van der Waals surface area contributed by atoms with Crippen LogP contribution in [0.2, 0.25) is 0 Å². The van der Waals surface area contributed by atoms with Gasteiger partial charge in [0, 0.05) is 17.1 Å². The zero-order valence-corrected chi connectivity index (χ0v) is 9.49. The van der Waals surface area contributed by atoms with Crippen LogP contribution in [0.15, 0.2) is 0 Å². The van der Waals surface area contributed by atoms with Gasteiger partial charge in [-0.25, -0.2) is 0 Å². The van der Waals surface area contributed by atoms with Crippen LogP contribution in [0, 0.1) is 13.8 Å². The minimum absolute atomic E-state index is 0. The topological polar surface area (TPSA) is 0 Å². The molecule has 0 aromatic carbocycles. The van der Waals surface area contributed by atoms with Crippen molar-refractivity contribution in [3.63, 3.8) is 0 Å². The number of rotatable bonds is 2. The van der Waals surface area contributed by atoms with Crippen LogP contribution in [0.3, 0.4) is 0 Å². The number of hydrogen-bond acceptors (Lipinski definition) is 0. The average molecular weight is 192 g/mol. The molecule has 0 atom stereocenters. The molecule has 0 fully saturated rings. The molecule has 0 spiro atoms. The van der Waals surface area contributed by atoms with Gasteiger partial charge in [-0.05, 0) is 0 Å². The van der Waals surface area contributed by atoms with Crippen molar-refractivity contribution in [2.45, 2.75) is 39.5 Å². The van der Waals surface area contributed by atoms with E-state index in [1.165, 1.54) is 12.8 Å². The van der Waals surface area contributed by atoms with Gasteiger partial charge < -0.3 is 13.8 Å². The third kappa shape index (κ3) is 80.1. The Morgan fingerprint density at radius 1 is 0.818 bits per heavy atom. The van der Waals surface area contributed by atoms with E-state index in [1.54, 1.807) is 0 Å². The Kier molecular flexibility index (Phi) is 110. The van der Waals surface area contributed by atoms with E-state index < -0.39 is 0 Å². The van der Waals surface area contributed by atoms with Crippen LogP contribution >= 0.6 is 0 Å². The fourth-order valence-corrected chi connectivity index (χ4v) is 0. The third-order valence-electron chi connectivity index (χ3n) is 0.707. The smallest absolute Gasteiger partial charge is 0.343 e. The van der Waals surface area contributed by atoms with Gasteiger partial charge in [-0.15, -0.1) is 0 Å². The Morgan fingerprint density at radius 3 is 0.909 bits per heavy atom. The first-order chi connectivity index (χ1) is 3.83. The summed E-state index contributed by atoms with van der Waals surface area (Å²) in [5.74, 6) is 0. The van der Waals surface area contributed by atoms with E-state index in [0.29, 0.717) is 0 Å². The standard InChI is InChI=1S/2C4H9.Cu.2Li/c2*1-3-4-2;;;/h2*1,3-4H2,2H3;;;/q2*-1;;2*+1. The average Bonchev–Trinajstić information content (AvgIpc) is 1.88. The molecule has 0 aliphatic carbocycles. The van der Waals surface area contributed by atoms with Gasteiger partial charge in [0.05, 0.1) is 0 Å². The molecule has 11 heavy (non-hydrogen) atoms. The predicted molar refractivity (Wildman–Crippen MR) is 40.5 cm³/mol. The molecule has 0 N–H and O–H groups in total. The number of hydrogen-bond donors (Lipinski definition) is 0. The SMILES string of the molecule is [CH2-]CCC.[CH2-]CCC.[Cu].[Li+].[Li+]. The Hall–Kier alpha value is 1.71. The summed E-state index contributed by atoms with van der Waals surface area (Å²) in [5, 5.41) is 0. The predicted octanol–water partition coefficient (Wildman–Crippen LogP) is -2.75. The van der Waals surface area contributed by atoms with Gasteiger partial charge in [-0.3, -0.25) is 0 Å². The Balaban J connectivity index is -0.0000000171. The third-order valence-corrected chi connectivity index (χ3v) is 0.707. The quantitative estimate of drug-likeness (QED) is 0.328. The molecule has 0 amide bonds. The molecule has 3 heteroatoms. The molecule has 0 aliphatic rings. The second-order valence-electron chi connectivity index (χ2n) is 1.71. The molecule has 63 valence electrons. The van der Waals surface area contributed by atoms with Crippen molar-refractivity contribution >= 4 is 0 Å². The van der Waals surface area contributed by atoms with E-state index in [9.17, 15) is 0 Å². The van der Waals surface area contributed by atoms with Gasteiger partial charge in [-0.1, -0.05) is 26.7 Å². The zero-order chi connectivity index (χ0) is 6.83. The van der Waals surface area contributed by atoms with E-state index in [4.69, 9.17) is 0 Å². The molecule has 0 bridgehead atoms. The Morgan fingerprint density at radius 2 is 0.909 bits per heavy atom. The van der Waals surface area contributed by atoms with Gasteiger partial charge in [0.1, 0.15) is 0 Å². The maximum Gasteiger partial charge on any atom is 1.00 e. The van der Waals surface area contributed by atoms with Gasteiger partial charge in [0.25, 0.3) is 0 Å². The molecule has 0 heterocycles. The van der Waals surface area contributed by atoms with Crippen molar-refractivity contribution < 1.29 is 54.8 Å². The second kappa shape index (κ2) is 41.2. The van der Waals surface area contributed by atoms with Crippen LogP contribution in [-0.4, -0.2) is 0 Å². The normalized spacial score (nSPS) is 5.45. The fourth-order valence-electron chi connectivity index (χ4n) is 0. The maximum absolute atomic E-state index is 3.60. The Labute approximate surface area is 107 Å². The summed E-state index contributed by atoms with van der Waals surface area (Å²) in [4.78, 5) is 0. The van der Waals surface area contributed by atoms with E-state index in [-0.39, 0.29) is 54.8 Å². The molecule has 0 saturated heterocycles. The van der Waals surface area contributed by atoms with Crippen molar-refractivity contribution in [3.05, 3.63) is 13.8 Å². The summed E-state index contributed by atoms with van der Waals surface area (Å²) < 4.78 is 0. The van der Waals surface area contributed by atoms with Crippen LogP contribution in [0.1, 0.15) is 39.5 Å². The molecule has 0 rings (SSSR count). The molecule has 0 unspecified atom stereocenters. The van der Waals surface area contributed by atoms with Crippen LogP contribution in [0.4, 0.5) is 0 Å². The summed E-state index contributed by atoms with van der Waals surface area (Å²) >= 11 is 0. The van der Waals surface area contributed by atoms with Crippen molar-refractivity contribution in [3.8, 4) is 0 Å². The van der Waals surface area contributed by atoms with Gasteiger partial charge in [0.15, 0.2) is 0 Å². The van der Waals surface area contributed by atoms with Gasteiger partial charge >= 0.3 is 37.7 Å². The van der Waals surface area contributed by atoms with Crippen LogP contribution in [0.25, 0.3) is 0 Å². The summed E-state index contributed by atoms with van der Waals surface area (Å²) in [7, 11) is 0. The van der Waals surface area contributed by atoms with Crippen molar-refractivity contribution in [1.29, 1.82) is 0 Å². The van der Waals surface area contributed by atoms with E-state index in [2.05, 4.69) is 27.7 Å². The van der Waals surface area contributed by atoms with E-state index in [1.807, 2.05) is 0 Å². The minimum Gasteiger partial charge on any atom is -0.343 e. The first kappa shape index (κ1) is 29.3. The van der Waals surface area contributed by atoms with Crippen molar-refractivity contribution in [2.24, 2.45) is 0 Å². The molecule has 1 radical (unpaired) electrons. The largest absolute Gasteiger partial charge is 1.00 e. The van der Waals surface area contributed by atoms with Crippen molar-refractivity contribution in [1.82, 2.24) is 0 Å². The second-order valence-corrected chi connectivity index (χ2v) is 1.71. The zero-order valence-electron chi connectivity index (χ0n) is 8.54. The maximum atomic E-state index is 3.60. The molecular weight excluding hydrogens is 174 g/mol. The van der Waals surface area contributed by atoms with Crippen molar-refractivity contribution in [2.75, 3.05) is 0 Å². The van der Waals surface area contributed by atoms with Gasteiger partial charge in [-0.2, -0.15) is 12.8 Å². The molecule has 0 aromatic heterocycles. The first-order valence-corrected chi connectivity index (χ1v) is 3.41. The van der Waals surface area contributed by atoms with Gasteiger partial charge in [0.2, 0.25) is 0 Å². The summed E-state index contributed by atoms with van der Waals surface area (Å²) in [5.41, 5.74) is 0. The van der Waals surface area contributed by atoms with Crippen LogP contribution in [0.5, 0.6) is 0 Å². The fraction of sp³-hybridized carbons (Fsp3) is 0.750. The minimum atomic E-state index is 0. The van der Waals surface area contributed by atoms with E-state index >= 15 is 0 Å². The summed E-state index contributed by atoms with van der Waals surface area (Å²) in [6, 6.07) is 0. The molecule has 0 aromatic rings. The monoisotopic (exact) mass is 191 g/mol. The first-order valence-electron chi connectivity index (χ1n) is 3.41. The molecular formula is C8H18CuLi2. The molecule has 0 nitrogen and oxygen atoms in total. The molecule has 0 aliphatic heterocycles. The summed E-state index contributed by atoms with van der Waals surface area (Å²) in [6.07, 6.45) is 4.56. The van der Waals surface area contributed by atoms with E-state index in [0.717, 1.165) is 12.8 Å².